The lowest BCUT2D eigenvalue weighted by atomic mass is 9.92. The molecule has 6 nitrogen and oxygen atoms in total. The minimum atomic E-state index is -0.238. The monoisotopic (exact) mass is 334 g/mol. The Hall–Kier alpha value is -1.63. The van der Waals surface area contributed by atoms with Crippen molar-refractivity contribution in [3.8, 4) is 0 Å². The third-order valence-electron chi connectivity index (χ3n) is 4.67. The van der Waals surface area contributed by atoms with Crippen LogP contribution in [0.4, 0.5) is 4.79 Å². The lowest BCUT2D eigenvalue weighted by molar-refractivity contribution is -0.0756. The van der Waals surface area contributed by atoms with Crippen LogP contribution in [0.15, 0.2) is 30.3 Å². The highest BCUT2D eigenvalue weighted by Crippen LogP contribution is 2.22. The number of nitrogens with zero attached hydrogens (tertiary/aromatic N) is 2. The van der Waals surface area contributed by atoms with E-state index in [9.17, 15) is 9.90 Å². The normalized spacial score (nSPS) is 24.5. The minimum absolute atomic E-state index is 0.166. The Balaban J connectivity index is 1.29. The zero-order valence-electron chi connectivity index (χ0n) is 14.0. The van der Waals surface area contributed by atoms with Gasteiger partial charge >= 0.3 is 6.09 Å². The summed E-state index contributed by atoms with van der Waals surface area (Å²) in [6.07, 6.45) is 1.36. The largest absolute Gasteiger partial charge is 0.445 e. The van der Waals surface area contributed by atoms with Crippen molar-refractivity contribution >= 4 is 6.09 Å². The van der Waals surface area contributed by atoms with E-state index in [4.69, 9.17) is 9.47 Å². The first-order chi connectivity index (χ1) is 11.7. The Kier molecular flexibility index (Phi) is 6.07. The summed E-state index contributed by atoms with van der Waals surface area (Å²) in [5, 5.41) is 9.22. The van der Waals surface area contributed by atoms with Gasteiger partial charge in [0, 0.05) is 32.7 Å². The fourth-order valence-corrected chi connectivity index (χ4v) is 2.99. The van der Waals surface area contributed by atoms with E-state index < -0.39 is 0 Å². The Morgan fingerprint density at radius 1 is 1.12 bits per heavy atom. The zero-order valence-corrected chi connectivity index (χ0v) is 14.0. The molecule has 3 rings (SSSR count). The molecule has 0 unspecified atom stereocenters. The number of piperazine rings is 1. The number of amides is 1. The summed E-state index contributed by atoms with van der Waals surface area (Å²) in [5.74, 6) is 0. The van der Waals surface area contributed by atoms with Gasteiger partial charge in [-0.05, 0) is 18.4 Å². The van der Waals surface area contributed by atoms with E-state index >= 15 is 0 Å². The van der Waals surface area contributed by atoms with Gasteiger partial charge in [-0.2, -0.15) is 0 Å². The molecule has 1 aromatic carbocycles. The first kappa shape index (κ1) is 17.2. The highest BCUT2D eigenvalue weighted by molar-refractivity contribution is 5.67. The second-order valence-electron chi connectivity index (χ2n) is 6.49. The highest BCUT2D eigenvalue weighted by Gasteiger charge is 2.28. The molecule has 1 amide bonds. The summed E-state index contributed by atoms with van der Waals surface area (Å²) < 4.78 is 11.1. The molecule has 2 aliphatic rings. The summed E-state index contributed by atoms with van der Waals surface area (Å²) in [6.45, 7) is 4.95. The van der Waals surface area contributed by atoms with E-state index in [-0.39, 0.29) is 18.3 Å². The lowest BCUT2D eigenvalue weighted by Crippen LogP contribution is -2.49. The van der Waals surface area contributed by atoms with Gasteiger partial charge in [0.1, 0.15) is 6.61 Å². The van der Waals surface area contributed by atoms with Crippen LogP contribution < -0.4 is 0 Å². The number of hydrogen-bond donors (Lipinski definition) is 1. The van der Waals surface area contributed by atoms with Crippen molar-refractivity contribution in [1.29, 1.82) is 0 Å². The SMILES string of the molecule is O=C(OCc1ccccc1)N1CCN(CCOC2CC(O)C2)CC1. The van der Waals surface area contributed by atoms with Crippen LogP contribution >= 0.6 is 0 Å². The Bertz CT molecular complexity index is 511. The Morgan fingerprint density at radius 2 is 1.83 bits per heavy atom. The minimum Gasteiger partial charge on any atom is -0.445 e. The first-order valence-electron chi connectivity index (χ1n) is 8.68. The fraction of sp³-hybridized carbons (Fsp3) is 0.611. The third-order valence-corrected chi connectivity index (χ3v) is 4.67. The van der Waals surface area contributed by atoms with Gasteiger partial charge in [0.15, 0.2) is 0 Å². The molecule has 1 N–H and O–H groups in total. The number of carbonyl (C=O) groups is 1. The maximum absolute atomic E-state index is 12.1. The van der Waals surface area contributed by atoms with Crippen molar-refractivity contribution in [2.75, 3.05) is 39.3 Å². The van der Waals surface area contributed by atoms with Crippen LogP contribution in [0.3, 0.4) is 0 Å². The molecule has 1 heterocycles. The number of aliphatic hydroxyl groups excluding tert-OH is 1. The summed E-state index contributed by atoms with van der Waals surface area (Å²) in [6, 6.07) is 9.72. The molecule has 0 spiro atoms. The molecule has 132 valence electrons. The number of benzene rings is 1. The molecule has 1 saturated carbocycles. The van der Waals surface area contributed by atoms with Crippen molar-refractivity contribution in [1.82, 2.24) is 9.80 Å². The van der Waals surface area contributed by atoms with Crippen molar-refractivity contribution < 1.29 is 19.4 Å². The Labute approximate surface area is 143 Å². The van der Waals surface area contributed by atoms with Crippen LogP contribution in [-0.2, 0) is 16.1 Å². The van der Waals surface area contributed by atoms with Gasteiger partial charge in [0.05, 0.1) is 18.8 Å². The van der Waals surface area contributed by atoms with E-state index in [1.807, 2.05) is 30.3 Å². The van der Waals surface area contributed by atoms with E-state index in [1.165, 1.54) is 0 Å². The van der Waals surface area contributed by atoms with E-state index in [0.29, 0.717) is 26.3 Å². The average molecular weight is 334 g/mol. The van der Waals surface area contributed by atoms with Gasteiger partial charge in [0.2, 0.25) is 0 Å². The number of aliphatic hydroxyl groups is 1. The van der Waals surface area contributed by atoms with Crippen LogP contribution in [0.2, 0.25) is 0 Å². The maximum atomic E-state index is 12.1. The standard InChI is InChI=1S/C18H26N2O4/c21-16-12-17(13-16)23-11-10-19-6-8-20(9-7-19)18(22)24-14-15-4-2-1-3-5-15/h1-5,16-17,21H,6-14H2. The molecule has 1 aliphatic carbocycles. The van der Waals surface area contributed by atoms with Gasteiger partial charge in [-0.3, -0.25) is 4.90 Å². The van der Waals surface area contributed by atoms with Gasteiger partial charge in [-0.1, -0.05) is 30.3 Å². The van der Waals surface area contributed by atoms with Crippen molar-refractivity contribution in [2.24, 2.45) is 0 Å². The second-order valence-corrected chi connectivity index (χ2v) is 6.49. The fourth-order valence-electron chi connectivity index (χ4n) is 2.99. The highest BCUT2D eigenvalue weighted by atomic mass is 16.6. The zero-order chi connectivity index (χ0) is 16.8. The maximum Gasteiger partial charge on any atom is 0.410 e. The molecule has 1 aliphatic heterocycles. The molecule has 0 bridgehead atoms. The molecule has 0 atom stereocenters. The molecule has 2 fully saturated rings. The predicted molar refractivity (Wildman–Crippen MR) is 89.6 cm³/mol. The predicted octanol–water partition coefficient (Wildman–Crippen LogP) is 1.48. The van der Waals surface area contributed by atoms with Gasteiger partial charge in [-0.25, -0.2) is 4.79 Å². The third kappa shape index (κ3) is 4.93. The number of hydrogen-bond acceptors (Lipinski definition) is 5. The van der Waals surface area contributed by atoms with Crippen molar-refractivity contribution in [3.05, 3.63) is 35.9 Å². The molecule has 1 saturated heterocycles. The van der Waals surface area contributed by atoms with Crippen LogP contribution in [0.25, 0.3) is 0 Å². The molecule has 0 radical (unpaired) electrons. The van der Waals surface area contributed by atoms with Crippen LogP contribution in [-0.4, -0.2) is 72.5 Å². The van der Waals surface area contributed by atoms with Crippen molar-refractivity contribution in [3.63, 3.8) is 0 Å². The number of ether oxygens (including phenoxy) is 2. The number of carbonyl (C=O) groups excluding carboxylic acids is 1. The van der Waals surface area contributed by atoms with Crippen LogP contribution in [0.5, 0.6) is 0 Å². The summed E-state index contributed by atoms with van der Waals surface area (Å²) in [7, 11) is 0. The average Bonchev–Trinajstić information content (AvgIpc) is 2.59. The van der Waals surface area contributed by atoms with E-state index in [0.717, 1.165) is 38.0 Å². The lowest BCUT2D eigenvalue weighted by Gasteiger charge is -2.35. The van der Waals surface area contributed by atoms with Gasteiger partial charge < -0.3 is 19.5 Å². The summed E-state index contributed by atoms with van der Waals surface area (Å²) in [4.78, 5) is 16.2. The molecule has 6 heteroatoms. The Morgan fingerprint density at radius 3 is 2.50 bits per heavy atom. The molecular formula is C18H26N2O4. The topological polar surface area (TPSA) is 62.2 Å². The number of rotatable bonds is 6. The van der Waals surface area contributed by atoms with Gasteiger partial charge in [-0.15, -0.1) is 0 Å². The first-order valence-corrected chi connectivity index (χ1v) is 8.68. The van der Waals surface area contributed by atoms with Crippen molar-refractivity contribution in [2.45, 2.75) is 31.7 Å². The van der Waals surface area contributed by atoms with Crippen LogP contribution in [0.1, 0.15) is 18.4 Å². The molecule has 1 aromatic rings. The summed E-state index contributed by atoms with van der Waals surface area (Å²) >= 11 is 0. The smallest absolute Gasteiger partial charge is 0.410 e. The van der Waals surface area contributed by atoms with Gasteiger partial charge in [0.25, 0.3) is 0 Å². The molecule has 24 heavy (non-hydrogen) atoms. The summed E-state index contributed by atoms with van der Waals surface area (Å²) in [5.41, 5.74) is 1.00. The van der Waals surface area contributed by atoms with E-state index in [2.05, 4.69) is 4.90 Å². The molecular weight excluding hydrogens is 308 g/mol. The van der Waals surface area contributed by atoms with Crippen LogP contribution in [0, 0.1) is 0 Å². The van der Waals surface area contributed by atoms with E-state index in [1.54, 1.807) is 4.90 Å². The quantitative estimate of drug-likeness (QED) is 0.854. The molecule has 0 aromatic heterocycles. The second kappa shape index (κ2) is 8.46.